The van der Waals surface area contributed by atoms with Gasteiger partial charge in [-0.3, -0.25) is 9.88 Å². The lowest BCUT2D eigenvalue weighted by Gasteiger charge is -2.33. The van der Waals surface area contributed by atoms with Crippen molar-refractivity contribution in [3.8, 4) is 5.88 Å². The van der Waals surface area contributed by atoms with Gasteiger partial charge in [0.2, 0.25) is 15.9 Å². The Balaban J connectivity index is 1.08. The van der Waals surface area contributed by atoms with Crippen molar-refractivity contribution < 1.29 is 13.2 Å². The van der Waals surface area contributed by atoms with Gasteiger partial charge >= 0.3 is 0 Å². The molecule has 0 radical (unpaired) electrons. The lowest BCUT2D eigenvalue weighted by atomic mass is 10.1. The second kappa shape index (κ2) is 11.6. The van der Waals surface area contributed by atoms with Gasteiger partial charge in [-0.25, -0.2) is 18.1 Å². The topological polar surface area (TPSA) is 87.7 Å². The number of benzene rings is 1. The van der Waals surface area contributed by atoms with Crippen LogP contribution in [0.25, 0.3) is 0 Å². The first kappa shape index (κ1) is 25.6. The molecule has 4 heterocycles. The molecule has 0 unspecified atom stereocenters. The summed E-state index contributed by atoms with van der Waals surface area (Å²) in [5.41, 5.74) is 3.72. The number of nitrogens with zero attached hydrogens (tertiary/aromatic N) is 4. The average Bonchev–Trinajstić information content (AvgIpc) is 2.92. The Hall–Kier alpha value is -3.01. The molecule has 0 bridgehead atoms. The minimum absolute atomic E-state index is 0.0756. The summed E-state index contributed by atoms with van der Waals surface area (Å²) < 4.78 is 34.8. The van der Waals surface area contributed by atoms with Gasteiger partial charge in [-0.1, -0.05) is 17.7 Å². The van der Waals surface area contributed by atoms with Crippen LogP contribution in [-0.4, -0.2) is 61.6 Å². The molecule has 37 heavy (non-hydrogen) atoms. The predicted molar refractivity (Wildman–Crippen MR) is 144 cm³/mol. The van der Waals surface area contributed by atoms with E-state index in [4.69, 9.17) is 4.74 Å². The van der Waals surface area contributed by atoms with Crippen LogP contribution in [-0.2, 0) is 16.6 Å². The fourth-order valence-corrected chi connectivity index (χ4v) is 6.25. The highest BCUT2D eigenvalue weighted by molar-refractivity contribution is 7.89. The van der Waals surface area contributed by atoms with Gasteiger partial charge in [0.25, 0.3) is 0 Å². The molecular weight excluding hydrogens is 486 g/mol. The molecule has 2 saturated heterocycles. The minimum Gasteiger partial charge on any atom is -0.474 e. The lowest BCUT2D eigenvalue weighted by molar-refractivity contribution is 0.164. The van der Waals surface area contributed by atoms with Crippen LogP contribution in [0.4, 0.5) is 5.69 Å². The van der Waals surface area contributed by atoms with Crippen LogP contribution < -0.4 is 14.4 Å². The zero-order valence-electron chi connectivity index (χ0n) is 21.3. The number of hydrogen-bond donors (Lipinski definition) is 1. The quantitative estimate of drug-likeness (QED) is 0.483. The largest absolute Gasteiger partial charge is 0.474 e. The first-order chi connectivity index (χ1) is 17.9. The molecule has 8 nitrogen and oxygen atoms in total. The highest BCUT2D eigenvalue weighted by Crippen LogP contribution is 2.24. The molecule has 2 aliphatic heterocycles. The van der Waals surface area contributed by atoms with Crippen LogP contribution in [0.2, 0.25) is 0 Å². The van der Waals surface area contributed by atoms with Crippen molar-refractivity contribution in [3.63, 3.8) is 0 Å². The number of likely N-dealkylation sites (tertiary alicyclic amines) is 1. The van der Waals surface area contributed by atoms with Crippen LogP contribution in [0, 0.1) is 6.92 Å². The zero-order chi connectivity index (χ0) is 25.7. The summed E-state index contributed by atoms with van der Waals surface area (Å²) >= 11 is 0. The second-order valence-electron chi connectivity index (χ2n) is 10.00. The zero-order valence-corrected chi connectivity index (χ0v) is 22.1. The molecule has 0 saturated carbocycles. The van der Waals surface area contributed by atoms with Crippen molar-refractivity contribution in [2.75, 3.05) is 31.1 Å². The van der Waals surface area contributed by atoms with E-state index in [-0.39, 0.29) is 17.0 Å². The number of hydrogen-bond acceptors (Lipinski definition) is 7. The molecule has 3 aromatic rings. The molecule has 0 aliphatic carbocycles. The van der Waals surface area contributed by atoms with E-state index in [1.165, 1.54) is 23.0 Å². The molecule has 2 aromatic heterocycles. The number of anilines is 1. The Morgan fingerprint density at radius 3 is 2.27 bits per heavy atom. The van der Waals surface area contributed by atoms with Gasteiger partial charge in [0.05, 0.1) is 6.20 Å². The molecule has 0 spiro atoms. The van der Waals surface area contributed by atoms with E-state index in [0.29, 0.717) is 5.88 Å². The molecule has 1 aromatic carbocycles. The molecule has 1 N–H and O–H groups in total. The monoisotopic (exact) mass is 521 g/mol. The van der Waals surface area contributed by atoms with Crippen LogP contribution in [0.15, 0.2) is 72.0 Å². The summed E-state index contributed by atoms with van der Waals surface area (Å²) in [6.07, 6.45) is 8.43. The summed E-state index contributed by atoms with van der Waals surface area (Å²) in [6.45, 7) is 6.50. The highest BCUT2D eigenvalue weighted by atomic mass is 32.2. The second-order valence-corrected chi connectivity index (χ2v) is 11.7. The van der Waals surface area contributed by atoms with Gasteiger partial charge in [-0.05, 0) is 55.7 Å². The smallest absolute Gasteiger partial charge is 0.242 e. The third kappa shape index (κ3) is 6.85. The molecule has 0 amide bonds. The number of nitrogens with one attached hydrogen (secondary N) is 1. The number of aromatic nitrogens is 2. The van der Waals surface area contributed by atoms with E-state index >= 15 is 0 Å². The van der Waals surface area contributed by atoms with E-state index < -0.39 is 10.0 Å². The van der Waals surface area contributed by atoms with Gasteiger partial charge in [0.1, 0.15) is 11.0 Å². The third-order valence-electron chi connectivity index (χ3n) is 7.21. The molecule has 0 atom stereocenters. The number of piperidine rings is 2. The van der Waals surface area contributed by atoms with Gasteiger partial charge in [0.15, 0.2) is 0 Å². The highest BCUT2D eigenvalue weighted by Gasteiger charge is 2.26. The van der Waals surface area contributed by atoms with Crippen LogP contribution in [0.3, 0.4) is 0 Å². The number of rotatable bonds is 8. The van der Waals surface area contributed by atoms with Crippen LogP contribution in [0.5, 0.6) is 5.88 Å². The lowest BCUT2D eigenvalue weighted by Crippen LogP contribution is -2.44. The first-order valence-electron chi connectivity index (χ1n) is 13.0. The van der Waals surface area contributed by atoms with Crippen LogP contribution in [0.1, 0.15) is 36.8 Å². The van der Waals surface area contributed by atoms with Crippen molar-refractivity contribution in [2.45, 2.75) is 56.2 Å². The van der Waals surface area contributed by atoms with E-state index in [2.05, 4.69) is 55.7 Å². The van der Waals surface area contributed by atoms with Crippen molar-refractivity contribution in [1.29, 1.82) is 0 Å². The normalized spacial score (nSPS) is 18.1. The molecule has 9 heteroatoms. The maximum Gasteiger partial charge on any atom is 0.242 e. The van der Waals surface area contributed by atoms with Gasteiger partial charge in [-0.15, -0.1) is 0 Å². The summed E-state index contributed by atoms with van der Waals surface area (Å²) in [5.74, 6) is 0.470. The average molecular weight is 522 g/mol. The van der Waals surface area contributed by atoms with Gasteiger partial charge in [-0.2, -0.15) is 0 Å². The van der Waals surface area contributed by atoms with Crippen molar-refractivity contribution in [3.05, 3.63) is 78.2 Å². The first-order valence-corrected chi connectivity index (χ1v) is 14.5. The Labute approximate surface area is 219 Å². The number of pyridine rings is 2. The summed E-state index contributed by atoms with van der Waals surface area (Å²) in [7, 11) is -3.63. The summed E-state index contributed by atoms with van der Waals surface area (Å²) in [4.78, 5) is 13.3. The van der Waals surface area contributed by atoms with Crippen molar-refractivity contribution >= 4 is 15.7 Å². The molecule has 2 aliphatic rings. The maximum absolute atomic E-state index is 12.9. The van der Waals surface area contributed by atoms with Crippen molar-refractivity contribution in [1.82, 2.24) is 19.6 Å². The molecule has 2 fully saturated rings. The fourth-order valence-electron chi connectivity index (χ4n) is 5.00. The Morgan fingerprint density at radius 1 is 0.919 bits per heavy atom. The minimum atomic E-state index is -3.63. The number of sulfonamides is 1. The van der Waals surface area contributed by atoms with E-state index in [1.54, 1.807) is 24.5 Å². The van der Waals surface area contributed by atoms with E-state index in [0.717, 1.165) is 58.4 Å². The third-order valence-corrected chi connectivity index (χ3v) is 8.72. The fraction of sp³-hybridized carbons (Fsp3) is 0.429. The van der Waals surface area contributed by atoms with Gasteiger partial charge in [0, 0.05) is 75.8 Å². The number of aryl methyl sites for hydroxylation is 1. The molecule has 196 valence electrons. The predicted octanol–water partition coefficient (Wildman–Crippen LogP) is 3.78. The van der Waals surface area contributed by atoms with Crippen molar-refractivity contribution in [2.24, 2.45) is 0 Å². The molecule has 5 rings (SSSR count). The summed E-state index contributed by atoms with van der Waals surface area (Å²) in [5, 5.41) is 0. The Morgan fingerprint density at radius 2 is 1.62 bits per heavy atom. The Kier molecular flexibility index (Phi) is 8.02. The summed E-state index contributed by atoms with van der Waals surface area (Å²) in [6, 6.07) is 15.8. The Bertz CT molecular complexity index is 1240. The van der Waals surface area contributed by atoms with Crippen LogP contribution >= 0.6 is 0 Å². The molecular formula is C28H35N5O3S. The van der Waals surface area contributed by atoms with Gasteiger partial charge < -0.3 is 9.64 Å². The van der Waals surface area contributed by atoms with E-state index in [9.17, 15) is 8.42 Å². The maximum atomic E-state index is 12.9. The standard InChI is InChI=1S/C28H35N5O3S/c1-22-2-4-25(5-3-22)33-18-12-26(13-19-33)36-28-7-6-27(20-30-28)37(34,35)31-24-10-16-32(17-11-24)21-23-8-14-29-15-9-23/h2-9,14-15,20,24,26,31H,10-13,16-19,21H2,1H3. The van der Waals surface area contributed by atoms with E-state index in [1.807, 2.05) is 12.1 Å². The number of ether oxygens (including phenoxy) is 1. The SMILES string of the molecule is Cc1ccc(N2CCC(Oc3ccc(S(=O)(=O)NC4CCN(Cc5ccncc5)CC4)cn3)CC2)cc1.